The molecule has 1 aliphatic carbocycles. The van der Waals surface area contributed by atoms with E-state index < -0.39 is 0 Å². The summed E-state index contributed by atoms with van der Waals surface area (Å²) in [4.78, 5) is 29.4. The lowest BCUT2D eigenvalue weighted by Gasteiger charge is -2.12. The van der Waals surface area contributed by atoms with Crippen molar-refractivity contribution in [2.24, 2.45) is 0 Å². The molecule has 116 valence electrons. The Morgan fingerprint density at radius 2 is 1.91 bits per heavy atom. The number of amides is 1. The number of rotatable bonds is 2. The number of nitrogens with one attached hydrogen (secondary N) is 1. The third-order valence-corrected chi connectivity index (χ3v) is 4.47. The highest BCUT2D eigenvalue weighted by Crippen LogP contribution is 2.18. The van der Waals surface area contributed by atoms with Gasteiger partial charge in [-0.1, -0.05) is 25.0 Å². The first kappa shape index (κ1) is 13.9. The number of fused-ring (bicyclic) bond motifs is 2. The number of pyridine rings is 1. The van der Waals surface area contributed by atoms with E-state index in [1.165, 1.54) is 4.40 Å². The Hall–Kier alpha value is -2.69. The molecule has 0 saturated heterocycles. The van der Waals surface area contributed by atoms with E-state index in [-0.39, 0.29) is 17.5 Å². The Morgan fingerprint density at radius 1 is 1.13 bits per heavy atom. The fraction of sp³-hybridized carbons (Fsp3) is 0.278. The van der Waals surface area contributed by atoms with Gasteiger partial charge in [-0.25, -0.2) is 4.98 Å². The van der Waals surface area contributed by atoms with Crippen LogP contribution in [-0.2, 0) is 0 Å². The summed E-state index contributed by atoms with van der Waals surface area (Å²) >= 11 is 0. The molecule has 1 N–H and O–H groups in total. The molecule has 0 atom stereocenters. The van der Waals surface area contributed by atoms with Crippen LogP contribution in [-0.4, -0.2) is 21.3 Å². The Labute approximate surface area is 133 Å². The number of benzene rings is 1. The minimum atomic E-state index is -0.152. The van der Waals surface area contributed by atoms with Crippen LogP contribution >= 0.6 is 0 Å². The molecule has 23 heavy (non-hydrogen) atoms. The zero-order valence-corrected chi connectivity index (χ0v) is 12.7. The van der Waals surface area contributed by atoms with E-state index in [9.17, 15) is 9.59 Å². The van der Waals surface area contributed by atoms with Crippen molar-refractivity contribution in [1.29, 1.82) is 0 Å². The number of nitrogens with zero attached hydrogens (tertiary/aromatic N) is 2. The molecule has 1 fully saturated rings. The molecule has 3 aromatic rings. The minimum Gasteiger partial charge on any atom is -0.349 e. The third kappa shape index (κ3) is 2.48. The van der Waals surface area contributed by atoms with Crippen molar-refractivity contribution in [2.45, 2.75) is 31.7 Å². The van der Waals surface area contributed by atoms with Crippen LogP contribution in [0.1, 0.15) is 36.0 Å². The molecule has 1 saturated carbocycles. The summed E-state index contributed by atoms with van der Waals surface area (Å²) in [5, 5.41) is 3.60. The average Bonchev–Trinajstić information content (AvgIpc) is 3.08. The quantitative estimate of drug-likeness (QED) is 0.740. The van der Waals surface area contributed by atoms with E-state index in [2.05, 4.69) is 10.3 Å². The molecular formula is C18H17N3O2. The van der Waals surface area contributed by atoms with Gasteiger partial charge >= 0.3 is 0 Å². The van der Waals surface area contributed by atoms with Crippen molar-refractivity contribution < 1.29 is 4.79 Å². The van der Waals surface area contributed by atoms with Gasteiger partial charge in [-0.05, 0) is 37.1 Å². The lowest BCUT2D eigenvalue weighted by atomic mass is 10.2. The number of aromatic nitrogens is 2. The number of hydrogen-bond donors (Lipinski definition) is 1. The van der Waals surface area contributed by atoms with E-state index in [1.54, 1.807) is 24.4 Å². The molecule has 5 heteroatoms. The molecule has 1 amide bonds. The standard InChI is InChI=1S/C18H17N3O2/c22-17(19-13-5-1-2-6-13)12-9-10-16-20-15-8-4-3-7-14(15)18(23)21(16)11-12/h3-4,7-11,13H,1-2,5-6H2,(H,19,22). The monoisotopic (exact) mass is 307 g/mol. The molecule has 1 aliphatic rings. The third-order valence-electron chi connectivity index (χ3n) is 4.47. The van der Waals surface area contributed by atoms with Crippen molar-refractivity contribution in [3.8, 4) is 0 Å². The SMILES string of the molecule is O=C(NC1CCCC1)c1ccc2nc3ccccc3c(=O)n2c1. The number of carbonyl (C=O) groups is 1. The molecule has 0 unspecified atom stereocenters. The lowest BCUT2D eigenvalue weighted by molar-refractivity contribution is 0.0937. The minimum absolute atomic E-state index is 0.126. The molecule has 0 spiro atoms. The summed E-state index contributed by atoms with van der Waals surface area (Å²) < 4.78 is 1.45. The average molecular weight is 307 g/mol. The zero-order valence-electron chi connectivity index (χ0n) is 12.7. The first-order valence-electron chi connectivity index (χ1n) is 7.94. The first-order chi connectivity index (χ1) is 11.2. The highest BCUT2D eigenvalue weighted by molar-refractivity contribution is 5.94. The van der Waals surface area contributed by atoms with E-state index in [4.69, 9.17) is 0 Å². The fourth-order valence-corrected chi connectivity index (χ4v) is 3.23. The van der Waals surface area contributed by atoms with Gasteiger partial charge < -0.3 is 5.32 Å². The van der Waals surface area contributed by atoms with Gasteiger partial charge in [-0.3, -0.25) is 14.0 Å². The summed E-state index contributed by atoms with van der Waals surface area (Å²) in [6, 6.07) is 10.9. The summed E-state index contributed by atoms with van der Waals surface area (Å²) in [7, 11) is 0. The van der Waals surface area contributed by atoms with Crippen LogP contribution in [0.25, 0.3) is 16.6 Å². The summed E-state index contributed by atoms with van der Waals surface area (Å²) in [6.45, 7) is 0. The predicted molar refractivity (Wildman–Crippen MR) is 88.7 cm³/mol. The van der Waals surface area contributed by atoms with Crippen LogP contribution in [0.15, 0.2) is 47.4 Å². The molecule has 2 heterocycles. The van der Waals surface area contributed by atoms with Gasteiger partial charge in [0.25, 0.3) is 11.5 Å². The van der Waals surface area contributed by atoms with E-state index >= 15 is 0 Å². The normalized spacial score (nSPS) is 15.3. The second-order valence-electron chi connectivity index (χ2n) is 6.03. The van der Waals surface area contributed by atoms with Crippen LogP contribution in [0.4, 0.5) is 0 Å². The van der Waals surface area contributed by atoms with Crippen molar-refractivity contribution in [2.75, 3.05) is 0 Å². The van der Waals surface area contributed by atoms with Crippen LogP contribution in [0.5, 0.6) is 0 Å². The van der Waals surface area contributed by atoms with E-state index in [1.807, 2.05) is 18.2 Å². The maximum atomic E-state index is 12.6. The lowest BCUT2D eigenvalue weighted by Crippen LogP contribution is -2.33. The van der Waals surface area contributed by atoms with Gasteiger partial charge in [-0.2, -0.15) is 0 Å². The van der Waals surface area contributed by atoms with Crippen molar-refractivity contribution in [3.63, 3.8) is 0 Å². The Balaban J connectivity index is 1.77. The summed E-state index contributed by atoms with van der Waals surface area (Å²) in [5.41, 5.74) is 1.55. The van der Waals surface area contributed by atoms with Gasteiger partial charge in [0, 0.05) is 12.2 Å². The summed E-state index contributed by atoms with van der Waals surface area (Å²) in [5.74, 6) is -0.126. The van der Waals surface area contributed by atoms with E-state index in [0.29, 0.717) is 22.1 Å². The van der Waals surface area contributed by atoms with Gasteiger partial charge in [0.15, 0.2) is 0 Å². The molecule has 0 bridgehead atoms. The van der Waals surface area contributed by atoms with Gasteiger partial charge in [-0.15, -0.1) is 0 Å². The fourth-order valence-electron chi connectivity index (χ4n) is 3.23. The first-order valence-corrected chi connectivity index (χ1v) is 7.94. The molecule has 5 nitrogen and oxygen atoms in total. The second kappa shape index (κ2) is 5.50. The number of para-hydroxylation sites is 1. The van der Waals surface area contributed by atoms with Crippen molar-refractivity contribution in [3.05, 3.63) is 58.5 Å². The van der Waals surface area contributed by atoms with Gasteiger partial charge in [0.1, 0.15) is 5.65 Å². The highest BCUT2D eigenvalue weighted by atomic mass is 16.2. The Kier molecular flexibility index (Phi) is 3.33. The molecule has 4 rings (SSSR count). The van der Waals surface area contributed by atoms with Crippen LogP contribution in [0.2, 0.25) is 0 Å². The van der Waals surface area contributed by atoms with Gasteiger partial charge in [0.05, 0.1) is 16.5 Å². The Morgan fingerprint density at radius 3 is 2.74 bits per heavy atom. The maximum absolute atomic E-state index is 12.6. The topological polar surface area (TPSA) is 63.5 Å². The molecule has 0 aliphatic heterocycles. The van der Waals surface area contributed by atoms with Crippen molar-refractivity contribution >= 4 is 22.5 Å². The summed E-state index contributed by atoms with van der Waals surface area (Å²) in [6.07, 6.45) is 5.98. The smallest absolute Gasteiger partial charge is 0.265 e. The van der Waals surface area contributed by atoms with E-state index in [0.717, 1.165) is 25.7 Å². The highest BCUT2D eigenvalue weighted by Gasteiger charge is 2.18. The number of carbonyl (C=O) groups excluding carboxylic acids is 1. The van der Waals surface area contributed by atoms with Crippen molar-refractivity contribution in [1.82, 2.24) is 14.7 Å². The molecule has 1 aromatic carbocycles. The molecule has 0 radical (unpaired) electrons. The zero-order chi connectivity index (χ0) is 15.8. The molecular weight excluding hydrogens is 290 g/mol. The number of hydrogen-bond acceptors (Lipinski definition) is 3. The second-order valence-corrected chi connectivity index (χ2v) is 6.03. The van der Waals surface area contributed by atoms with Crippen LogP contribution in [0, 0.1) is 0 Å². The Bertz CT molecular complexity index is 955. The molecule has 2 aromatic heterocycles. The van der Waals surface area contributed by atoms with Crippen LogP contribution < -0.4 is 10.9 Å². The predicted octanol–water partition coefficient (Wildman–Crippen LogP) is 2.52. The van der Waals surface area contributed by atoms with Gasteiger partial charge in [0.2, 0.25) is 0 Å². The maximum Gasteiger partial charge on any atom is 0.265 e. The van der Waals surface area contributed by atoms with Crippen LogP contribution in [0.3, 0.4) is 0 Å². The largest absolute Gasteiger partial charge is 0.349 e.